The molecular formula is C28H43N4O20P-2. The number of carboxylic acid groups (broad SMARTS) is 1. The van der Waals surface area contributed by atoms with Crippen LogP contribution in [-0.4, -0.2) is 161 Å². The SMILES string of the molecule is CCC1O[C@@H](OCC(=O)NC[C@@H](O)[C@@H](O)C2OC(OP(=O)([O-])OCC3OC(n4ccc(N)nc4=O)C(O)C3O)(C(=O)[O-])CC(O)C2C)C(O)[C@@H](O)[C@H]1O. The van der Waals surface area contributed by atoms with Gasteiger partial charge in [-0.25, -0.2) is 4.79 Å². The number of carboxylic acids is 1. The Hall–Kier alpha value is -2.75. The van der Waals surface area contributed by atoms with E-state index in [2.05, 4.69) is 10.3 Å². The van der Waals surface area contributed by atoms with Gasteiger partial charge in [0.25, 0.3) is 7.82 Å². The van der Waals surface area contributed by atoms with Crippen LogP contribution in [0.2, 0.25) is 0 Å². The van der Waals surface area contributed by atoms with E-state index >= 15 is 0 Å². The molecule has 0 radical (unpaired) electrons. The quantitative estimate of drug-likeness (QED) is 0.0738. The highest BCUT2D eigenvalue weighted by Crippen LogP contribution is 2.49. The highest BCUT2D eigenvalue weighted by molar-refractivity contribution is 7.45. The van der Waals surface area contributed by atoms with Crippen LogP contribution in [0.3, 0.4) is 0 Å². The van der Waals surface area contributed by atoms with Crippen LogP contribution in [0.1, 0.15) is 32.9 Å². The van der Waals surface area contributed by atoms with Gasteiger partial charge in [0.05, 0.1) is 31.0 Å². The summed E-state index contributed by atoms with van der Waals surface area (Å²) in [6.07, 6.45) is -21.5. The Balaban J connectivity index is 1.35. The van der Waals surface area contributed by atoms with Gasteiger partial charge in [0.15, 0.2) is 12.5 Å². The van der Waals surface area contributed by atoms with Crippen molar-refractivity contribution in [1.29, 1.82) is 0 Å². The minimum Gasteiger partial charge on any atom is -0.756 e. The van der Waals surface area contributed by atoms with Crippen molar-refractivity contribution in [3.8, 4) is 0 Å². The molecule has 25 heteroatoms. The number of rotatable bonds is 15. The maximum atomic E-state index is 12.9. The molecule has 0 aromatic carbocycles. The molecule has 3 saturated heterocycles. The first-order valence-electron chi connectivity index (χ1n) is 16.3. The smallest absolute Gasteiger partial charge is 0.351 e. The van der Waals surface area contributed by atoms with E-state index in [1.54, 1.807) is 6.92 Å². The van der Waals surface area contributed by atoms with Gasteiger partial charge in [-0.3, -0.25) is 18.5 Å². The molecule has 1 aromatic rings. The number of nitrogens with zero attached hydrogens (tertiary/aromatic N) is 2. The lowest BCUT2D eigenvalue weighted by Gasteiger charge is -2.49. The van der Waals surface area contributed by atoms with Crippen molar-refractivity contribution in [2.24, 2.45) is 5.92 Å². The molecule has 1 aromatic heterocycles. The molecule has 0 saturated carbocycles. The molecule has 0 spiro atoms. The monoisotopic (exact) mass is 786 g/mol. The second-order valence-corrected chi connectivity index (χ2v) is 14.1. The zero-order chi connectivity index (χ0) is 39.6. The summed E-state index contributed by atoms with van der Waals surface area (Å²) in [6.45, 7) is 0.262. The number of nitrogens with one attached hydrogen (secondary N) is 1. The molecule has 11 N–H and O–H groups in total. The first kappa shape index (κ1) is 43.0. The van der Waals surface area contributed by atoms with Gasteiger partial charge in [-0.15, -0.1) is 0 Å². The van der Waals surface area contributed by atoms with Crippen LogP contribution in [0.25, 0.3) is 0 Å². The molecule has 3 aliphatic rings. The lowest BCUT2D eigenvalue weighted by Crippen LogP contribution is -2.64. The van der Waals surface area contributed by atoms with Crippen LogP contribution in [0.15, 0.2) is 17.1 Å². The summed E-state index contributed by atoms with van der Waals surface area (Å²) in [4.78, 5) is 53.1. The fourth-order valence-corrected chi connectivity index (χ4v) is 6.85. The fraction of sp³-hybridized carbons (Fsp3) is 0.786. The molecule has 4 heterocycles. The normalized spacial score (nSPS) is 38.5. The van der Waals surface area contributed by atoms with Gasteiger partial charge in [0.1, 0.15) is 61.1 Å². The number of hydrogen-bond acceptors (Lipinski definition) is 22. The van der Waals surface area contributed by atoms with Gasteiger partial charge < -0.3 is 90.2 Å². The lowest BCUT2D eigenvalue weighted by molar-refractivity contribution is -0.380. The van der Waals surface area contributed by atoms with Crippen molar-refractivity contribution in [2.75, 3.05) is 25.5 Å². The first-order valence-corrected chi connectivity index (χ1v) is 17.7. The minimum atomic E-state index is -5.83. The van der Waals surface area contributed by atoms with Crippen LogP contribution in [0, 0.1) is 5.92 Å². The summed E-state index contributed by atoms with van der Waals surface area (Å²) in [5.74, 6) is -7.97. The Morgan fingerprint density at radius 1 is 1.11 bits per heavy atom. The maximum absolute atomic E-state index is 12.9. The molecular weight excluding hydrogens is 743 g/mol. The predicted octanol–water partition coefficient (Wildman–Crippen LogP) is -7.75. The third kappa shape index (κ3) is 9.74. The number of ether oxygens (including phenoxy) is 4. The average Bonchev–Trinajstić information content (AvgIpc) is 3.38. The molecule has 0 bridgehead atoms. The Labute approximate surface area is 299 Å². The Kier molecular flexibility index (Phi) is 14.1. The van der Waals surface area contributed by atoms with E-state index in [9.17, 15) is 69.8 Å². The van der Waals surface area contributed by atoms with E-state index in [-0.39, 0.29) is 12.2 Å². The second kappa shape index (κ2) is 17.4. The lowest BCUT2D eigenvalue weighted by atomic mass is 9.84. The molecule has 3 aliphatic heterocycles. The molecule has 11 unspecified atom stereocenters. The predicted molar refractivity (Wildman–Crippen MR) is 164 cm³/mol. The second-order valence-electron chi connectivity index (χ2n) is 12.8. The van der Waals surface area contributed by atoms with Crippen LogP contribution >= 0.6 is 7.82 Å². The average molecular weight is 787 g/mol. The van der Waals surface area contributed by atoms with Crippen LogP contribution in [0.4, 0.5) is 5.82 Å². The van der Waals surface area contributed by atoms with E-state index in [0.29, 0.717) is 0 Å². The van der Waals surface area contributed by atoms with E-state index in [1.165, 1.54) is 13.0 Å². The van der Waals surface area contributed by atoms with Gasteiger partial charge in [0, 0.05) is 25.1 Å². The number of phosphoric acid groups is 1. The summed E-state index contributed by atoms with van der Waals surface area (Å²) in [7, 11) is -5.83. The fourth-order valence-electron chi connectivity index (χ4n) is 5.91. The number of phosphoric ester groups is 1. The van der Waals surface area contributed by atoms with Crippen molar-refractivity contribution >= 4 is 25.5 Å². The van der Waals surface area contributed by atoms with Gasteiger partial charge in [-0.1, -0.05) is 13.8 Å². The van der Waals surface area contributed by atoms with Crippen molar-refractivity contribution < 1.29 is 93.0 Å². The first-order chi connectivity index (χ1) is 24.7. The van der Waals surface area contributed by atoms with Crippen molar-refractivity contribution in [2.45, 2.75) is 112 Å². The third-order valence-corrected chi connectivity index (χ3v) is 10.0. The van der Waals surface area contributed by atoms with Crippen molar-refractivity contribution in [3.05, 3.63) is 22.7 Å². The van der Waals surface area contributed by atoms with Crippen molar-refractivity contribution in [3.63, 3.8) is 0 Å². The number of nitrogen functional groups attached to an aromatic ring is 1. The van der Waals surface area contributed by atoms with Crippen molar-refractivity contribution in [1.82, 2.24) is 14.9 Å². The van der Waals surface area contributed by atoms with Crippen LogP contribution in [-0.2, 0) is 42.1 Å². The van der Waals surface area contributed by atoms with Crippen LogP contribution < -0.4 is 26.7 Å². The Bertz CT molecular complexity index is 1540. The zero-order valence-corrected chi connectivity index (χ0v) is 29.1. The summed E-state index contributed by atoms with van der Waals surface area (Å²) >= 11 is 0. The summed E-state index contributed by atoms with van der Waals surface area (Å²) in [5, 5.41) is 97.4. The van der Waals surface area contributed by atoms with Crippen LogP contribution in [0.5, 0.6) is 0 Å². The largest absolute Gasteiger partial charge is 0.756 e. The molecule has 0 aliphatic carbocycles. The number of aromatic nitrogens is 2. The summed E-state index contributed by atoms with van der Waals surface area (Å²) in [5.41, 5.74) is 4.46. The number of amides is 1. The number of aliphatic hydroxyl groups excluding tert-OH is 8. The molecule has 4 rings (SSSR count). The standard InChI is InChI=1S/C28H45N4O20P/c1-3-13-18(37)20(39)22(41)25(50-13)47-9-16(35)30-7-12(34)17(36)23-10(2)11(33)6-28(51-23,26(42)43)52-53(45,46)48-8-14-19(38)21(40)24(49-14)32-5-4-15(29)31-27(32)44/h4-5,10-14,17-25,33-34,36-41H,3,6-9H2,1-2H3,(H,30,35)(H,42,43)(H,45,46)(H2,29,31,44)/p-2/t10?,11?,12-,13?,14?,17-,18+,19?,20+,21?,22?,23?,24?,25-,28?/m1/s1. The highest BCUT2D eigenvalue weighted by Gasteiger charge is 2.53. The maximum Gasteiger partial charge on any atom is 0.351 e. The van der Waals surface area contributed by atoms with E-state index in [0.717, 1.165) is 10.8 Å². The molecule has 1 amide bonds. The number of aliphatic hydroxyl groups is 8. The van der Waals surface area contributed by atoms with E-state index in [4.69, 9.17) is 33.7 Å². The molecule has 16 atom stereocenters. The summed E-state index contributed by atoms with van der Waals surface area (Å²) in [6, 6.07) is 1.18. The number of aliphatic carboxylic acids is 1. The molecule has 24 nitrogen and oxygen atoms in total. The summed E-state index contributed by atoms with van der Waals surface area (Å²) < 4.78 is 44.2. The van der Waals surface area contributed by atoms with Gasteiger partial charge >= 0.3 is 5.69 Å². The Morgan fingerprint density at radius 3 is 2.40 bits per heavy atom. The molecule has 53 heavy (non-hydrogen) atoms. The van der Waals surface area contributed by atoms with Gasteiger partial charge in [-0.2, -0.15) is 4.98 Å². The van der Waals surface area contributed by atoms with Gasteiger partial charge in [0.2, 0.25) is 11.7 Å². The number of carbonyl (C=O) groups is 2. The number of hydrogen-bond donors (Lipinski definition) is 10. The van der Waals surface area contributed by atoms with Gasteiger partial charge in [-0.05, 0) is 12.5 Å². The molecule has 3 fully saturated rings. The van der Waals surface area contributed by atoms with E-state index < -0.39 is 143 Å². The third-order valence-electron chi connectivity index (χ3n) is 9.05. The molecule has 302 valence electrons. The number of nitrogens with two attached hydrogens (primary N) is 1. The highest BCUT2D eigenvalue weighted by atomic mass is 31.2. The zero-order valence-electron chi connectivity index (χ0n) is 28.2. The van der Waals surface area contributed by atoms with E-state index in [1.807, 2.05) is 0 Å². The Morgan fingerprint density at radius 2 is 1.77 bits per heavy atom. The number of carbonyl (C=O) groups excluding carboxylic acids is 2. The minimum absolute atomic E-state index is 0.157. The topological polar surface area (TPSA) is 387 Å². The number of anilines is 1.